The molecule has 1 rings (SSSR count). The number of ether oxygens (including phenoxy) is 2. The Hall–Kier alpha value is -1.84. The Balaban J connectivity index is 2.81. The molecule has 0 saturated carbocycles. The van der Waals surface area contributed by atoms with Crippen molar-refractivity contribution in [3.63, 3.8) is 0 Å². The first-order chi connectivity index (χ1) is 10.1. The highest BCUT2D eigenvalue weighted by Gasteiger charge is 2.46. The third-order valence-electron chi connectivity index (χ3n) is 3.74. The molecule has 0 amide bonds. The lowest BCUT2D eigenvalue weighted by Crippen LogP contribution is -2.41. The lowest BCUT2D eigenvalue weighted by Gasteiger charge is -2.27. The van der Waals surface area contributed by atoms with Crippen molar-refractivity contribution in [1.29, 1.82) is 0 Å². The first-order valence-corrected chi connectivity index (χ1v) is 7.40. The number of esters is 2. The van der Waals surface area contributed by atoms with Gasteiger partial charge >= 0.3 is 11.9 Å². The van der Waals surface area contributed by atoms with Gasteiger partial charge < -0.3 is 9.47 Å². The Bertz CT molecular complexity index is 455. The van der Waals surface area contributed by atoms with Crippen molar-refractivity contribution in [3.8, 4) is 0 Å². The molecule has 4 heteroatoms. The molecule has 0 aliphatic carbocycles. The van der Waals surface area contributed by atoms with Gasteiger partial charge in [0.15, 0.2) is 5.41 Å². The van der Waals surface area contributed by atoms with Crippen LogP contribution in [0.2, 0.25) is 0 Å². The SMILES string of the molecule is CCCCC(CC)(C(=O)OC)C(=O)OCc1ccccc1. The van der Waals surface area contributed by atoms with Crippen molar-refractivity contribution in [2.24, 2.45) is 5.41 Å². The number of hydrogen-bond acceptors (Lipinski definition) is 4. The summed E-state index contributed by atoms with van der Waals surface area (Å²) in [5, 5.41) is 0. The van der Waals surface area contributed by atoms with E-state index in [0.717, 1.165) is 18.4 Å². The quantitative estimate of drug-likeness (QED) is 0.543. The van der Waals surface area contributed by atoms with Crippen LogP contribution in [0.3, 0.4) is 0 Å². The van der Waals surface area contributed by atoms with E-state index in [1.165, 1.54) is 7.11 Å². The minimum atomic E-state index is -1.18. The van der Waals surface area contributed by atoms with Crippen molar-refractivity contribution in [1.82, 2.24) is 0 Å². The molecule has 1 unspecified atom stereocenters. The molecule has 1 aromatic carbocycles. The number of hydrogen-bond donors (Lipinski definition) is 0. The Morgan fingerprint density at radius 2 is 1.76 bits per heavy atom. The third kappa shape index (κ3) is 4.31. The zero-order valence-corrected chi connectivity index (χ0v) is 13.1. The van der Waals surface area contributed by atoms with E-state index in [0.29, 0.717) is 12.8 Å². The average Bonchev–Trinajstić information content (AvgIpc) is 2.54. The molecule has 1 aromatic rings. The molecule has 0 spiro atoms. The largest absolute Gasteiger partial charge is 0.468 e. The van der Waals surface area contributed by atoms with Gasteiger partial charge in [-0.2, -0.15) is 0 Å². The summed E-state index contributed by atoms with van der Waals surface area (Å²) >= 11 is 0. The highest BCUT2D eigenvalue weighted by molar-refractivity contribution is 5.99. The predicted molar refractivity (Wildman–Crippen MR) is 80.5 cm³/mol. The van der Waals surface area contributed by atoms with Gasteiger partial charge in [0.25, 0.3) is 0 Å². The molecule has 116 valence electrons. The topological polar surface area (TPSA) is 52.6 Å². The summed E-state index contributed by atoms with van der Waals surface area (Å²) in [5.74, 6) is -0.995. The highest BCUT2D eigenvalue weighted by Crippen LogP contribution is 2.32. The molecule has 0 N–H and O–H groups in total. The summed E-state index contributed by atoms with van der Waals surface area (Å²) in [5.41, 5.74) is -0.282. The molecule has 1 atom stereocenters. The van der Waals surface area contributed by atoms with Gasteiger partial charge in [-0.25, -0.2) is 0 Å². The van der Waals surface area contributed by atoms with E-state index in [-0.39, 0.29) is 6.61 Å². The number of unbranched alkanes of at least 4 members (excludes halogenated alkanes) is 1. The molecule has 0 bridgehead atoms. The second-order valence-corrected chi connectivity index (χ2v) is 5.09. The highest BCUT2D eigenvalue weighted by atomic mass is 16.6. The second-order valence-electron chi connectivity index (χ2n) is 5.09. The van der Waals surface area contributed by atoms with Crippen LogP contribution in [0.5, 0.6) is 0 Å². The van der Waals surface area contributed by atoms with E-state index in [9.17, 15) is 9.59 Å². The van der Waals surface area contributed by atoms with Gasteiger partial charge in [-0.15, -0.1) is 0 Å². The van der Waals surface area contributed by atoms with Crippen molar-refractivity contribution >= 4 is 11.9 Å². The van der Waals surface area contributed by atoms with Gasteiger partial charge in [0.2, 0.25) is 0 Å². The van der Waals surface area contributed by atoms with Crippen LogP contribution in [0.1, 0.15) is 45.1 Å². The lowest BCUT2D eigenvalue weighted by molar-refractivity contribution is -0.173. The molecule has 0 fully saturated rings. The van der Waals surface area contributed by atoms with E-state index >= 15 is 0 Å². The van der Waals surface area contributed by atoms with Crippen LogP contribution < -0.4 is 0 Å². The van der Waals surface area contributed by atoms with Gasteiger partial charge in [0.05, 0.1) is 7.11 Å². The maximum Gasteiger partial charge on any atom is 0.323 e. The molecule has 0 radical (unpaired) electrons. The van der Waals surface area contributed by atoms with E-state index in [1.807, 2.05) is 44.2 Å². The number of rotatable bonds is 8. The molecule has 0 aromatic heterocycles. The predicted octanol–water partition coefficient (Wildman–Crippen LogP) is 3.49. The van der Waals surface area contributed by atoms with Crippen LogP contribution in [0.15, 0.2) is 30.3 Å². The molecule has 0 heterocycles. The smallest absolute Gasteiger partial charge is 0.323 e. The van der Waals surface area contributed by atoms with Gasteiger partial charge in [0, 0.05) is 0 Å². The zero-order chi connectivity index (χ0) is 15.7. The first-order valence-electron chi connectivity index (χ1n) is 7.40. The van der Waals surface area contributed by atoms with Gasteiger partial charge in [-0.1, -0.05) is 57.0 Å². The number of benzene rings is 1. The zero-order valence-electron chi connectivity index (χ0n) is 13.1. The number of methoxy groups -OCH3 is 1. The molecule has 0 aliphatic heterocycles. The third-order valence-corrected chi connectivity index (χ3v) is 3.74. The maximum absolute atomic E-state index is 12.5. The summed E-state index contributed by atoms with van der Waals surface area (Å²) < 4.78 is 10.2. The molecular formula is C17H24O4. The van der Waals surface area contributed by atoms with Gasteiger partial charge in [-0.05, 0) is 18.4 Å². The second kappa shape index (κ2) is 8.45. The first kappa shape index (κ1) is 17.2. The van der Waals surface area contributed by atoms with Crippen molar-refractivity contribution in [3.05, 3.63) is 35.9 Å². The van der Waals surface area contributed by atoms with Crippen LogP contribution in [0.4, 0.5) is 0 Å². The number of carbonyl (C=O) groups is 2. The fraction of sp³-hybridized carbons (Fsp3) is 0.529. The minimum absolute atomic E-state index is 0.171. The number of carbonyl (C=O) groups excluding carboxylic acids is 2. The normalized spacial score (nSPS) is 13.3. The monoisotopic (exact) mass is 292 g/mol. The van der Waals surface area contributed by atoms with E-state index in [1.54, 1.807) is 0 Å². The van der Waals surface area contributed by atoms with Gasteiger partial charge in [0.1, 0.15) is 6.61 Å². The fourth-order valence-corrected chi connectivity index (χ4v) is 2.29. The van der Waals surface area contributed by atoms with Crippen molar-refractivity contribution in [2.45, 2.75) is 46.1 Å². The Morgan fingerprint density at radius 3 is 2.29 bits per heavy atom. The minimum Gasteiger partial charge on any atom is -0.468 e. The Labute approximate surface area is 126 Å². The van der Waals surface area contributed by atoms with Crippen molar-refractivity contribution in [2.75, 3.05) is 7.11 Å². The van der Waals surface area contributed by atoms with E-state index in [4.69, 9.17) is 9.47 Å². The summed E-state index contributed by atoms with van der Waals surface area (Å²) in [7, 11) is 1.31. The van der Waals surface area contributed by atoms with Crippen LogP contribution >= 0.6 is 0 Å². The van der Waals surface area contributed by atoms with Crippen molar-refractivity contribution < 1.29 is 19.1 Å². The Kier molecular flexibility index (Phi) is 6.92. The van der Waals surface area contributed by atoms with Crippen LogP contribution in [0, 0.1) is 5.41 Å². The molecular weight excluding hydrogens is 268 g/mol. The summed E-state index contributed by atoms with van der Waals surface area (Å²) in [6.45, 7) is 4.01. The summed E-state index contributed by atoms with van der Waals surface area (Å²) in [6, 6.07) is 9.43. The van der Waals surface area contributed by atoms with Gasteiger partial charge in [-0.3, -0.25) is 9.59 Å². The maximum atomic E-state index is 12.5. The molecule has 0 aliphatic rings. The molecule has 0 saturated heterocycles. The average molecular weight is 292 g/mol. The van der Waals surface area contributed by atoms with Crippen LogP contribution in [-0.4, -0.2) is 19.0 Å². The molecule has 4 nitrogen and oxygen atoms in total. The van der Waals surface area contributed by atoms with E-state index in [2.05, 4.69) is 0 Å². The van der Waals surface area contributed by atoms with Crippen LogP contribution in [-0.2, 0) is 25.7 Å². The lowest BCUT2D eigenvalue weighted by atomic mass is 9.80. The molecule has 21 heavy (non-hydrogen) atoms. The van der Waals surface area contributed by atoms with E-state index < -0.39 is 17.4 Å². The summed E-state index contributed by atoms with van der Waals surface area (Å²) in [6.07, 6.45) is 2.53. The fourth-order valence-electron chi connectivity index (χ4n) is 2.29. The van der Waals surface area contributed by atoms with Crippen LogP contribution in [0.25, 0.3) is 0 Å². The Morgan fingerprint density at radius 1 is 1.10 bits per heavy atom. The summed E-state index contributed by atoms with van der Waals surface area (Å²) in [4.78, 5) is 24.6. The standard InChI is InChI=1S/C17H24O4/c1-4-6-12-17(5-2,15(18)20-3)16(19)21-13-14-10-8-7-9-11-14/h7-11H,4-6,12-13H2,1-3H3.